The van der Waals surface area contributed by atoms with E-state index < -0.39 is 35.5 Å². The molecule has 0 saturated carbocycles. The molecule has 0 fully saturated rings. The van der Waals surface area contributed by atoms with Crippen molar-refractivity contribution < 1.29 is 27.9 Å². The molecule has 9 heteroatoms. The van der Waals surface area contributed by atoms with Gasteiger partial charge in [0.25, 0.3) is 5.91 Å². The van der Waals surface area contributed by atoms with Crippen LogP contribution in [0.3, 0.4) is 0 Å². The van der Waals surface area contributed by atoms with E-state index in [1.807, 2.05) is 0 Å². The number of hydrogen-bond donors (Lipinski definition) is 3. The number of H-pyrrole nitrogens is 1. The maximum absolute atomic E-state index is 13.5. The molecule has 0 aliphatic heterocycles. The lowest BCUT2D eigenvalue weighted by atomic mass is 10.0. The molecule has 0 saturated heterocycles. The standard InChI is InChI=1S/C18H19F2N3O4/c1-8-13(18(26)27-4)9(2)22-14(8)17(25)23-15(16(24)21-3)10-5-6-11(19)12(20)7-10/h5-7,15,22H,1-4H3,(H,21,24)(H,23,25). The van der Waals surface area contributed by atoms with Gasteiger partial charge in [-0.15, -0.1) is 0 Å². The Kier molecular flexibility index (Phi) is 5.94. The van der Waals surface area contributed by atoms with Crippen LogP contribution >= 0.6 is 0 Å². The summed E-state index contributed by atoms with van der Waals surface area (Å²) in [5.74, 6) is -4.13. The Morgan fingerprint density at radius 1 is 1.15 bits per heavy atom. The molecule has 1 unspecified atom stereocenters. The third-order valence-electron chi connectivity index (χ3n) is 4.12. The smallest absolute Gasteiger partial charge is 0.339 e. The molecule has 0 aliphatic rings. The zero-order valence-corrected chi connectivity index (χ0v) is 15.2. The number of aromatic nitrogens is 1. The molecule has 27 heavy (non-hydrogen) atoms. The van der Waals surface area contributed by atoms with E-state index in [-0.39, 0.29) is 16.8 Å². The van der Waals surface area contributed by atoms with Crippen molar-refractivity contribution in [3.8, 4) is 0 Å². The molecule has 2 amide bonds. The first kappa shape index (κ1) is 20.1. The highest BCUT2D eigenvalue weighted by Gasteiger charge is 2.27. The largest absolute Gasteiger partial charge is 0.465 e. The van der Waals surface area contributed by atoms with Crippen LogP contribution in [0.15, 0.2) is 18.2 Å². The molecule has 0 spiro atoms. The van der Waals surface area contributed by atoms with Crippen LogP contribution in [0.25, 0.3) is 0 Å². The van der Waals surface area contributed by atoms with Crippen molar-refractivity contribution in [2.24, 2.45) is 0 Å². The second-order valence-corrected chi connectivity index (χ2v) is 5.81. The van der Waals surface area contributed by atoms with E-state index in [2.05, 4.69) is 20.4 Å². The van der Waals surface area contributed by atoms with E-state index in [0.29, 0.717) is 11.3 Å². The Labute approximate surface area is 154 Å². The molecule has 2 rings (SSSR count). The number of ether oxygens (including phenoxy) is 1. The van der Waals surface area contributed by atoms with Gasteiger partial charge in [-0.3, -0.25) is 9.59 Å². The molecule has 7 nitrogen and oxygen atoms in total. The minimum atomic E-state index is -1.26. The lowest BCUT2D eigenvalue weighted by Crippen LogP contribution is -2.39. The SMILES string of the molecule is CNC(=O)C(NC(=O)c1[nH]c(C)c(C(=O)OC)c1C)c1ccc(F)c(F)c1. The van der Waals surface area contributed by atoms with Gasteiger partial charge in [-0.05, 0) is 37.1 Å². The van der Waals surface area contributed by atoms with Crippen LogP contribution in [0.4, 0.5) is 8.78 Å². The van der Waals surface area contributed by atoms with Crippen molar-refractivity contribution >= 4 is 17.8 Å². The van der Waals surface area contributed by atoms with Crippen LogP contribution in [-0.2, 0) is 9.53 Å². The number of methoxy groups -OCH3 is 1. The van der Waals surface area contributed by atoms with Crippen LogP contribution in [0.2, 0.25) is 0 Å². The molecule has 144 valence electrons. The van der Waals surface area contributed by atoms with Crippen molar-refractivity contribution in [1.29, 1.82) is 0 Å². The van der Waals surface area contributed by atoms with E-state index >= 15 is 0 Å². The summed E-state index contributed by atoms with van der Waals surface area (Å²) in [5.41, 5.74) is 1.11. The van der Waals surface area contributed by atoms with Crippen molar-refractivity contribution in [2.75, 3.05) is 14.2 Å². The summed E-state index contributed by atoms with van der Waals surface area (Å²) in [6.45, 7) is 3.15. The average Bonchev–Trinajstić information content (AvgIpc) is 2.95. The van der Waals surface area contributed by atoms with E-state index in [1.165, 1.54) is 20.2 Å². The fourth-order valence-electron chi connectivity index (χ4n) is 2.73. The Bertz CT molecular complexity index is 908. The number of halogens is 2. The van der Waals surface area contributed by atoms with Gasteiger partial charge in [-0.2, -0.15) is 0 Å². The third-order valence-corrected chi connectivity index (χ3v) is 4.12. The molecule has 1 heterocycles. The first-order valence-electron chi connectivity index (χ1n) is 7.96. The fraction of sp³-hybridized carbons (Fsp3) is 0.278. The van der Waals surface area contributed by atoms with Crippen LogP contribution < -0.4 is 10.6 Å². The van der Waals surface area contributed by atoms with Gasteiger partial charge in [0, 0.05) is 12.7 Å². The number of aromatic amines is 1. The van der Waals surface area contributed by atoms with Crippen molar-refractivity contribution in [1.82, 2.24) is 15.6 Å². The van der Waals surface area contributed by atoms with Gasteiger partial charge in [-0.1, -0.05) is 6.07 Å². The molecule has 2 aromatic rings. The number of hydrogen-bond acceptors (Lipinski definition) is 4. The van der Waals surface area contributed by atoms with Crippen molar-refractivity contribution in [2.45, 2.75) is 19.9 Å². The number of carbonyl (C=O) groups is 3. The monoisotopic (exact) mass is 379 g/mol. The maximum Gasteiger partial charge on any atom is 0.339 e. The number of esters is 1. The van der Waals surface area contributed by atoms with Crippen molar-refractivity contribution in [3.05, 3.63) is 57.9 Å². The van der Waals surface area contributed by atoms with Gasteiger partial charge < -0.3 is 20.4 Å². The molecule has 0 radical (unpaired) electrons. The van der Waals surface area contributed by atoms with Gasteiger partial charge in [0.05, 0.1) is 12.7 Å². The second kappa shape index (κ2) is 7.98. The van der Waals surface area contributed by atoms with Crippen LogP contribution in [0.5, 0.6) is 0 Å². The lowest BCUT2D eigenvalue weighted by Gasteiger charge is -2.18. The summed E-state index contributed by atoms with van der Waals surface area (Å²) in [7, 11) is 2.57. The molecule has 0 bridgehead atoms. The third kappa shape index (κ3) is 3.97. The fourth-order valence-corrected chi connectivity index (χ4v) is 2.73. The number of likely N-dealkylation sites (N-methyl/N-ethyl adjacent to an activating group) is 1. The predicted molar refractivity (Wildman–Crippen MR) is 92.2 cm³/mol. The van der Waals surface area contributed by atoms with E-state index in [1.54, 1.807) is 13.8 Å². The number of aryl methyl sites for hydroxylation is 1. The summed E-state index contributed by atoms with van der Waals surface area (Å²) in [6, 6.07) is 1.64. The number of nitrogens with one attached hydrogen (secondary N) is 3. The Morgan fingerprint density at radius 2 is 1.81 bits per heavy atom. The highest BCUT2D eigenvalue weighted by atomic mass is 19.2. The van der Waals surface area contributed by atoms with Gasteiger partial charge in [0.15, 0.2) is 11.6 Å². The number of rotatable bonds is 5. The van der Waals surface area contributed by atoms with E-state index in [9.17, 15) is 23.2 Å². The van der Waals surface area contributed by atoms with Gasteiger partial charge in [-0.25, -0.2) is 13.6 Å². The van der Waals surface area contributed by atoms with Crippen LogP contribution in [0, 0.1) is 25.5 Å². The number of carbonyl (C=O) groups excluding carboxylic acids is 3. The first-order chi connectivity index (χ1) is 12.7. The van der Waals surface area contributed by atoms with Gasteiger partial charge >= 0.3 is 5.97 Å². The number of benzene rings is 1. The first-order valence-corrected chi connectivity index (χ1v) is 7.96. The zero-order chi connectivity index (χ0) is 20.3. The Balaban J connectivity index is 2.38. The highest BCUT2D eigenvalue weighted by molar-refractivity contribution is 6.02. The predicted octanol–water partition coefficient (Wildman–Crippen LogP) is 1.91. The van der Waals surface area contributed by atoms with E-state index in [0.717, 1.165) is 12.1 Å². The highest BCUT2D eigenvalue weighted by Crippen LogP contribution is 2.21. The molecule has 3 N–H and O–H groups in total. The molecular formula is C18H19F2N3O4. The second-order valence-electron chi connectivity index (χ2n) is 5.81. The quantitative estimate of drug-likeness (QED) is 0.691. The van der Waals surface area contributed by atoms with Crippen LogP contribution in [-0.4, -0.2) is 36.9 Å². The summed E-state index contributed by atoms with van der Waals surface area (Å²) in [4.78, 5) is 39.4. The number of amides is 2. The normalized spacial score (nSPS) is 11.6. The molecule has 1 aromatic carbocycles. The summed E-state index contributed by atoms with van der Waals surface area (Å²) >= 11 is 0. The Hall–Kier alpha value is -3.23. The summed E-state index contributed by atoms with van der Waals surface area (Å²) < 4.78 is 31.4. The lowest BCUT2D eigenvalue weighted by molar-refractivity contribution is -0.122. The van der Waals surface area contributed by atoms with Gasteiger partial charge in [0.1, 0.15) is 11.7 Å². The molecule has 1 aromatic heterocycles. The summed E-state index contributed by atoms with van der Waals surface area (Å²) in [6.07, 6.45) is 0. The minimum absolute atomic E-state index is 0.0596. The maximum atomic E-state index is 13.5. The zero-order valence-electron chi connectivity index (χ0n) is 15.2. The van der Waals surface area contributed by atoms with Gasteiger partial charge in [0.2, 0.25) is 5.91 Å². The molecule has 1 atom stereocenters. The average molecular weight is 379 g/mol. The van der Waals surface area contributed by atoms with E-state index in [4.69, 9.17) is 0 Å². The topological polar surface area (TPSA) is 100 Å². The van der Waals surface area contributed by atoms with Crippen LogP contribution in [0.1, 0.15) is 43.7 Å². The van der Waals surface area contributed by atoms with Crippen molar-refractivity contribution in [3.63, 3.8) is 0 Å². The summed E-state index contributed by atoms with van der Waals surface area (Å²) in [5, 5.41) is 4.82. The minimum Gasteiger partial charge on any atom is -0.465 e. The molecular weight excluding hydrogens is 360 g/mol. The molecule has 0 aliphatic carbocycles. The Morgan fingerprint density at radius 3 is 2.37 bits per heavy atom.